The minimum atomic E-state index is -0.665. The van der Waals surface area contributed by atoms with Crippen LogP contribution in [0.1, 0.15) is 5.56 Å². The third kappa shape index (κ3) is 5.93. The lowest BCUT2D eigenvalue weighted by Crippen LogP contribution is -2.11. The van der Waals surface area contributed by atoms with Crippen LogP contribution in [0.2, 0.25) is 0 Å². The molecule has 0 aliphatic carbocycles. The molecule has 0 heterocycles. The molecule has 5 heteroatoms. The minimum Gasteiger partial charge on any atom is -0.490 e. The molecule has 0 saturated carbocycles. The zero-order chi connectivity index (χ0) is 15.5. The number of ether oxygens (including phenoxy) is 3. The second-order valence-electron chi connectivity index (χ2n) is 3.97. The third-order valence-electron chi connectivity index (χ3n) is 2.42. The minimum absolute atomic E-state index is 0.0640. The van der Waals surface area contributed by atoms with E-state index in [1.54, 1.807) is 30.3 Å². The van der Waals surface area contributed by atoms with E-state index >= 15 is 0 Å². The first-order chi connectivity index (χ1) is 10.2. The maximum absolute atomic E-state index is 11.7. The summed E-state index contributed by atoms with van der Waals surface area (Å²) in [6.45, 7) is 4.39. The molecule has 0 N–H and O–H groups in total. The summed E-state index contributed by atoms with van der Waals surface area (Å²) in [4.78, 5) is 11.7. The topological polar surface area (TPSA) is 68.5 Å². The van der Waals surface area contributed by atoms with Gasteiger partial charge in [0.1, 0.15) is 30.6 Å². The summed E-state index contributed by atoms with van der Waals surface area (Å²) in [7, 11) is 1.50. The van der Waals surface area contributed by atoms with Crippen molar-refractivity contribution < 1.29 is 19.0 Å². The molecule has 0 unspecified atom stereocenters. The van der Waals surface area contributed by atoms with E-state index in [-0.39, 0.29) is 12.2 Å². The van der Waals surface area contributed by atoms with Crippen molar-refractivity contribution in [1.29, 1.82) is 5.26 Å². The SMILES string of the molecule is C=CCOc1ccc(C=C(C#N)C(=O)OCCOC)cc1. The van der Waals surface area contributed by atoms with Crippen LogP contribution in [0.5, 0.6) is 5.75 Å². The quantitative estimate of drug-likeness (QED) is 0.241. The highest BCUT2D eigenvalue weighted by molar-refractivity contribution is 5.97. The zero-order valence-electron chi connectivity index (χ0n) is 11.9. The Balaban J connectivity index is 2.71. The molecule has 21 heavy (non-hydrogen) atoms. The fraction of sp³-hybridized carbons (Fsp3) is 0.250. The summed E-state index contributed by atoms with van der Waals surface area (Å²) in [5, 5.41) is 9.00. The average Bonchev–Trinajstić information content (AvgIpc) is 2.51. The van der Waals surface area contributed by atoms with Crippen LogP contribution in [0.15, 0.2) is 42.5 Å². The predicted octanol–water partition coefficient (Wildman–Crippen LogP) is 2.35. The summed E-state index contributed by atoms with van der Waals surface area (Å²) in [6.07, 6.45) is 3.12. The van der Waals surface area contributed by atoms with Gasteiger partial charge < -0.3 is 14.2 Å². The van der Waals surface area contributed by atoms with Crippen LogP contribution in [-0.4, -0.2) is 32.9 Å². The zero-order valence-corrected chi connectivity index (χ0v) is 11.9. The molecule has 1 rings (SSSR count). The first-order valence-electron chi connectivity index (χ1n) is 6.33. The van der Waals surface area contributed by atoms with E-state index in [0.29, 0.717) is 24.5 Å². The molecule has 110 valence electrons. The van der Waals surface area contributed by atoms with Gasteiger partial charge in [-0.2, -0.15) is 5.26 Å². The first-order valence-corrected chi connectivity index (χ1v) is 6.33. The third-order valence-corrected chi connectivity index (χ3v) is 2.42. The molecule has 0 atom stereocenters. The maximum Gasteiger partial charge on any atom is 0.348 e. The Bertz CT molecular complexity index is 540. The normalized spacial score (nSPS) is 10.6. The molecule has 0 aromatic heterocycles. The maximum atomic E-state index is 11.7. The highest BCUT2D eigenvalue weighted by Gasteiger charge is 2.10. The molecule has 5 nitrogen and oxygen atoms in total. The lowest BCUT2D eigenvalue weighted by Gasteiger charge is -2.04. The summed E-state index contributed by atoms with van der Waals surface area (Å²) in [5.41, 5.74) is 0.645. The second-order valence-corrected chi connectivity index (χ2v) is 3.97. The molecule has 0 spiro atoms. The molecule has 0 aliphatic rings. The highest BCUT2D eigenvalue weighted by Crippen LogP contribution is 2.15. The Hall–Kier alpha value is -2.58. The van der Waals surface area contributed by atoms with Crippen molar-refractivity contribution in [2.45, 2.75) is 0 Å². The van der Waals surface area contributed by atoms with Gasteiger partial charge in [0.25, 0.3) is 0 Å². The van der Waals surface area contributed by atoms with Crippen LogP contribution >= 0.6 is 0 Å². The monoisotopic (exact) mass is 287 g/mol. The van der Waals surface area contributed by atoms with E-state index in [9.17, 15) is 4.79 Å². The van der Waals surface area contributed by atoms with Gasteiger partial charge in [-0.15, -0.1) is 0 Å². The van der Waals surface area contributed by atoms with Gasteiger partial charge in [-0.05, 0) is 23.8 Å². The molecule has 0 aliphatic heterocycles. The first kappa shape index (κ1) is 16.5. The van der Waals surface area contributed by atoms with Crippen molar-refractivity contribution in [1.82, 2.24) is 0 Å². The van der Waals surface area contributed by atoms with Crippen molar-refractivity contribution in [3.63, 3.8) is 0 Å². The van der Waals surface area contributed by atoms with Crippen LogP contribution in [0.3, 0.4) is 0 Å². The van der Waals surface area contributed by atoms with Crippen molar-refractivity contribution in [2.24, 2.45) is 0 Å². The van der Waals surface area contributed by atoms with Crippen molar-refractivity contribution in [3.05, 3.63) is 48.1 Å². The number of hydrogen-bond acceptors (Lipinski definition) is 5. The number of esters is 1. The van der Waals surface area contributed by atoms with Crippen LogP contribution < -0.4 is 4.74 Å². The molecule has 0 amide bonds. The predicted molar refractivity (Wildman–Crippen MR) is 78.6 cm³/mol. The highest BCUT2D eigenvalue weighted by atomic mass is 16.6. The molecular formula is C16H17NO4. The van der Waals surface area contributed by atoms with Gasteiger partial charge in [0.2, 0.25) is 0 Å². The fourth-order valence-electron chi connectivity index (χ4n) is 1.41. The lowest BCUT2D eigenvalue weighted by atomic mass is 10.1. The fourth-order valence-corrected chi connectivity index (χ4v) is 1.41. The van der Waals surface area contributed by atoms with Gasteiger partial charge in [0.15, 0.2) is 0 Å². The number of benzene rings is 1. The second kappa shape index (κ2) is 9.34. The Labute approximate surface area is 124 Å². The number of carbonyl (C=O) groups is 1. The molecule has 0 radical (unpaired) electrons. The number of carbonyl (C=O) groups excluding carboxylic acids is 1. The van der Waals surface area contributed by atoms with E-state index in [2.05, 4.69) is 6.58 Å². The summed E-state index contributed by atoms with van der Waals surface area (Å²) in [6, 6.07) is 8.82. The van der Waals surface area contributed by atoms with Gasteiger partial charge >= 0.3 is 5.97 Å². The van der Waals surface area contributed by atoms with E-state index in [0.717, 1.165) is 0 Å². The van der Waals surface area contributed by atoms with Gasteiger partial charge in [-0.3, -0.25) is 0 Å². The van der Waals surface area contributed by atoms with E-state index in [1.807, 2.05) is 6.07 Å². The van der Waals surface area contributed by atoms with Gasteiger partial charge in [0.05, 0.1) is 6.61 Å². The molecule has 0 saturated heterocycles. The van der Waals surface area contributed by atoms with Crippen LogP contribution in [0, 0.1) is 11.3 Å². The molecular weight excluding hydrogens is 270 g/mol. The van der Waals surface area contributed by atoms with Crippen LogP contribution in [-0.2, 0) is 14.3 Å². The number of nitriles is 1. The van der Waals surface area contributed by atoms with Gasteiger partial charge in [-0.1, -0.05) is 24.8 Å². The van der Waals surface area contributed by atoms with E-state index < -0.39 is 5.97 Å². The Morgan fingerprint density at radius 3 is 2.62 bits per heavy atom. The molecule has 1 aromatic rings. The number of methoxy groups -OCH3 is 1. The van der Waals surface area contributed by atoms with Gasteiger partial charge in [-0.25, -0.2) is 4.79 Å². The van der Waals surface area contributed by atoms with Crippen LogP contribution in [0.25, 0.3) is 6.08 Å². The van der Waals surface area contributed by atoms with Crippen molar-refractivity contribution in [2.75, 3.05) is 26.9 Å². The molecule has 1 aromatic carbocycles. The largest absolute Gasteiger partial charge is 0.490 e. The summed E-state index contributed by atoms with van der Waals surface area (Å²) >= 11 is 0. The average molecular weight is 287 g/mol. The lowest BCUT2D eigenvalue weighted by molar-refractivity contribution is -0.139. The van der Waals surface area contributed by atoms with Crippen molar-refractivity contribution in [3.8, 4) is 11.8 Å². The Morgan fingerprint density at radius 2 is 2.05 bits per heavy atom. The Morgan fingerprint density at radius 1 is 1.33 bits per heavy atom. The summed E-state index contributed by atoms with van der Waals surface area (Å²) in [5.74, 6) is 0.0229. The van der Waals surface area contributed by atoms with E-state index in [4.69, 9.17) is 19.5 Å². The van der Waals surface area contributed by atoms with Crippen molar-refractivity contribution >= 4 is 12.0 Å². The smallest absolute Gasteiger partial charge is 0.348 e. The van der Waals surface area contributed by atoms with Gasteiger partial charge in [0, 0.05) is 7.11 Å². The summed E-state index contributed by atoms with van der Waals surface area (Å²) < 4.78 is 15.0. The van der Waals surface area contributed by atoms with E-state index in [1.165, 1.54) is 13.2 Å². The Kier molecular flexibility index (Phi) is 7.33. The molecule has 0 fully saturated rings. The number of rotatable bonds is 8. The van der Waals surface area contributed by atoms with Crippen LogP contribution in [0.4, 0.5) is 0 Å². The molecule has 0 bridgehead atoms. The number of hydrogen-bond donors (Lipinski definition) is 0. The number of nitrogens with zero attached hydrogens (tertiary/aromatic N) is 1. The standard InChI is InChI=1S/C16H17NO4/c1-3-8-20-15-6-4-13(5-7-15)11-14(12-17)16(18)21-10-9-19-2/h3-7,11H,1,8-10H2,2H3.